The lowest BCUT2D eigenvalue weighted by molar-refractivity contribution is -0.113. The van der Waals surface area contributed by atoms with Crippen LogP contribution in [-0.4, -0.2) is 28.3 Å². The number of hydrogen-bond donors (Lipinski definition) is 1. The number of aromatic nitrogens is 2. The molecule has 30 heavy (non-hydrogen) atoms. The molecule has 0 unspecified atom stereocenters. The third-order valence-corrected chi connectivity index (χ3v) is 5.60. The zero-order valence-corrected chi connectivity index (χ0v) is 18.9. The third kappa shape index (κ3) is 5.15. The molecule has 0 spiro atoms. The number of ether oxygens (including phenoxy) is 1. The molecule has 8 heteroatoms. The summed E-state index contributed by atoms with van der Waals surface area (Å²) in [6.07, 6.45) is 0. The summed E-state index contributed by atoms with van der Waals surface area (Å²) < 4.78 is 6.93. The average Bonchev–Trinajstić information content (AvgIpc) is 2.69. The Morgan fingerprint density at radius 1 is 1.27 bits per heavy atom. The van der Waals surface area contributed by atoms with Crippen LogP contribution in [-0.2, 0) is 11.3 Å². The van der Waals surface area contributed by atoms with Crippen molar-refractivity contribution in [2.45, 2.75) is 32.5 Å². The number of halogens is 1. The minimum atomic E-state index is -0.203. The first kappa shape index (κ1) is 22.2. The van der Waals surface area contributed by atoms with Crippen molar-refractivity contribution in [3.8, 4) is 5.75 Å². The highest BCUT2D eigenvalue weighted by atomic mass is 35.5. The van der Waals surface area contributed by atoms with E-state index in [0.29, 0.717) is 39.1 Å². The van der Waals surface area contributed by atoms with E-state index in [0.717, 1.165) is 5.56 Å². The van der Waals surface area contributed by atoms with Gasteiger partial charge >= 0.3 is 0 Å². The molecule has 0 saturated heterocycles. The molecule has 0 aliphatic heterocycles. The van der Waals surface area contributed by atoms with Gasteiger partial charge in [-0.05, 0) is 48.7 Å². The number of amides is 1. The lowest BCUT2D eigenvalue weighted by Crippen LogP contribution is -2.26. The monoisotopic (exact) mass is 445 g/mol. The van der Waals surface area contributed by atoms with E-state index in [1.807, 2.05) is 39.0 Å². The molecule has 6 nitrogen and oxygen atoms in total. The Bertz CT molecular complexity index is 1140. The molecule has 0 atom stereocenters. The van der Waals surface area contributed by atoms with E-state index in [-0.39, 0.29) is 23.1 Å². The molecule has 3 aromatic rings. The standard InChI is InChI=1S/C22H24ClN3O3S/c1-13(2)11-26-21(28)16-10-15(23)6-7-17(16)25-22(26)30-12-20(27)24-18-9-14(3)5-8-19(18)29-4/h5-10,13H,11-12H2,1-4H3,(H,24,27). The number of rotatable bonds is 7. The van der Waals surface area contributed by atoms with Crippen molar-refractivity contribution < 1.29 is 9.53 Å². The van der Waals surface area contributed by atoms with Crippen molar-refractivity contribution in [3.63, 3.8) is 0 Å². The predicted octanol–water partition coefficient (Wildman–Crippen LogP) is 4.75. The summed E-state index contributed by atoms with van der Waals surface area (Å²) in [4.78, 5) is 30.2. The van der Waals surface area contributed by atoms with Gasteiger partial charge in [-0.15, -0.1) is 0 Å². The zero-order chi connectivity index (χ0) is 21.8. The summed E-state index contributed by atoms with van der Waals surface area (Å²) >= 11 is 7.29. The maximum absolute atomic E-state index is 13.0. The van der Waals surface area contributed by atoms with Crippen LogP contribution >= 0.6 is 23.4 Å². The fourth-order valence-electron chi connectivity index (χ4n) is 3.04. The van der Waals surface area contributed by atoms with Crippen molar-refractivity contribution in [3.05, 3.63) is 57.3 Å². The van der Waals surface area contributed by atoms with Gasteiger partial charge in [0.1, 0.15) is 5.75 Å². The van der Waals surface area contributed by atoms with Gasteiger partial charge in [0.15, 0.2) is 5.16 Å². The molecule has 1 N–H and O–H groups in total. The van der Waals surface area contributed by atoms with Gasteiger partial charge in [-0.25, -0.2) is 4.98 Å². The van der Waals surface area contributed by atoms with Gasteiger partial charge < -0.3 is 10.1 Å². The summed E-state index contributed by atoms with van der Waals surface area (Å²) in [5.41, 5.74) is 2.04. The average molecular weight is 446 g/mol. The van der Waals surface area contributed by atoms with Crippen LogP contribution in [0.4, 0.5) is 5.69 Å². The summed E-state index contributed by atoms with van der Waals surface area (Å²) in [7, 11) is 1.56. The van der Waals surface area contributed by atoms with Crippen molar-refractivity contribution in [1.82, 2.24) is 9.55 Å². The second kappa shape index (κ2) is 9.53. The highest BCUT2D eigenvalue weighted by Crippen LogP contribution is 2.26. The molecule has 3 rings (SSSR count). The van der Waals surface area contributed by atoms with E-state index in [1.54, 1.807) is 29.9 Å². The van der Waals surface area contributed by atoms with Crippen molar-refractivity contribution in [2.75, 3.05) is 18.2 Å². The number of fused-ring (bicyclic) bond motifs is 1. The Hall–Kier alpha value is -2.51. The van der Waals surface area contributed by atoms with Crippen LogP contribution in [0.2, 0.25) is 5.02 Å². The minimum absolute atomic E-state index is 0.112. The number of nitrogens with one attached hydrogen (secondary N) is 1. The third-order valence-electron chi connectivity index (χ3n) is 4.39. The number of carbonyl (C=O) groups excluding carboxylic acids is 1. The fraction of sp³-hybridized carbons (Fsp3) is 0.318. The Morgan fingerprint density at radius 3 is 2.73 bits per heavy atom. The molecular weight excluding hydrogens is 422 g/mol. The number of thioether (sulfide) groups is 1. The highest BCUT2D eigenvalue weighted by molar-refractivity contribution is 7.99. The lowest BCUT2D eigenvalue weighted by Gasteiger charge is -2.15. The predicted molar refractivity (Wildman–Crippen MR) is 123 cm³/mol. The van der Waals surface area contributed by atoms with E-state index < -0.39 is 0 Å². The molecule has 0 fully saturated rings. The van der Waals surface area contributed by atoms with Crippen LogP contribution in [0, 0.1) is 12.8 Å². The fourth-order valence-corrected chi connectivity index (χ4v) is 4.03. The van der Waals surface area contributed by atoms with Crippen molar-refractivity contribution >= 4 is 45.9 Å². The van der Waals surface area contributed by atoms with Crippen molar-refractivity contribution in [2.24, 2.45) is 5.92 Å². The molecular formula is C22H24ClN3O3S. The summed E-state index contributed by atoms with van der Waals surface area (Å²) in [6, 6.07) is 10.6. The number of carbonyl (C=O) groups is 1. The smallest absolute Gasteiger partial charge is 0.262 e. The summed E-state index contributed by atoms with van der Waals surface area (Å²) in [6.45, 7) is 6.50. The van der Waals surface area contributed by atoms with Crippen LogP contribution in [0.1, 0.15) is 19.4 Å². The van der Waals surface area contributed by atoms with Crippen molar-refractivity contribution in [1.29, 1.82) is 0 Å². The van der Waals surface area contributed by atoms with Gasteiger partial charge in [0, 0.05) is 11.6 Å². The first-order valence-electron chi connectivity index (χ1n) is 9.56. The van der Waals surface area contributed by atoms with Crippen LogP contribution < -0.4 is 15.6 Å². The van der Waals surface area contributed by atoms with E-state index >= 15 is 0 Å². The number of methoxy groups -OCH3 is 1. The van der Waals surface area contributed by atoms with Crippen LogP contribution in [0.15, 0.2) is 46.3 Å². The molecule has 2 aromatic carbocycles. The lowest BCUT2D eigenvalue weighted by atomic mass is 10.2. The topological polar surface area (TPSA) is 73.2 Å². The molecule has 0 bridgehead atoms. The number of hydrogen-bond acceptors (Lipinski definition) is 5. The molecule has 1 aromatic heterocycles. The first-order valence-corrected chi connectivity index (χ1v) is 10.9. The molecule has 0 aliphatic rings. The first-order chi connectivity index (χ1) is 14.3. The van der Waals surface area contributed by atoms with Crippen LogP contribution in [0.5, 0.6) is 5.75 Å². The van der Waals surface area contributed by atoms with Crippen LogP contribution in [0.25, 0.3) is 10.9 Å². The van der Waals surface area contributed by atoms with Gasteiger partial charge in [0.05, 0.1) is 29.5 Å². The van der Waals surface area contributed by atoms with Gasteiger partial charge in [0.2, 0.25) is 5.91 Å². The van der Waals surface area contributed by atoms with E-state index in [2.05, 4.69) is 10.3 Å². The Kier molecular flexibility index (Phi) is 7.05. The minimum Gasteiger partial charge on any atom is -0.495 e. The maximum Gasteiger partial charge on any atom is 0.262 e. The second-order valence-electron chi connectivity index (χ2n) is 7.41. The van der Waals surface area contributed by atoms with Crippen LogP contribution in [0.3, 0.4) is 0 Å². The molecule has 0 radical (unpaired) electrons. The Labute approximate surface area is 184 Å². The number of anilines is 1. The summed E-state index contributed by atoms with van der Waals surface area (Å²) in [5, 5.41) is 4.35. The Balaban J connectivity index is 1.86. The normalized spacial score (nSPS) is 11.1. The molecule has 1 heterocycles. The molecule has 1 amide bonds. The van der Waals surface area contributed by atoms with Gasteiger partial charge in [-0.1, -0.05) is 43.3 Å². The zero-order valence-electron chi connectivity index (χ0n) is 17.4. The largest absolute Gasteiger partial charge is 0.495 e. The summed E-state index contributed by atoms with van der Waals surface area (Å²) in [5.74, 6) is 0.744. The van der Waals surface area contributed by atoms with E-state index in [9.17, 15) is 9.59 Å². The van der Waals surface area contributed by atoms with E-state index in [4.69, 9.17) is 16.3 Å². The van der Waals surface area contributed by atoms with Gasteiger partial charge in [0.25, 0.3) is 5.56 Å². The Morgan fingerprint density at radius 2 is 2.03 bits per heavy atom. The highest BCUT2D eigenvalue weighted by Gasteiger charge is 2.15. The number of nitrogens with zero attached hydrogens (tertiary/aromatic N) is 2. The molecule has 0 saturated carbocycles. The quantitative estimate of drug-likeness (QED) is 0.419. The van der Waals surface area contributed by atoms with E-state index in [1.165, 1.54) is 11.8 Å². The second-order valence-corrected chi connectivity index (χ2v) is 8.78. The number of aryl methyl sites for hydroxylation is 1. The number of benzene rings is 2. The van der Waals surface area contributed by atoms with Gasteiger partial charge in [-0.2, -0.15) is 0 Å². The SMILES string of the molecule is COc1ccc(C)cc1NC(=O)CSc1nc2ccc(Cl)cc2c(=O)n1CC(C)C. The molecule has 158 valence electrons. The molecule has 0 aliphatic carbocycles. The maximum atomic E-state index is 13.0. The van der Waals surface area contributed by atoms with Gasteiger partial charge in [-0.3, -0.25) is 14.2 Å².